The van der Waals surface area contributed by atoms with Gasteiger partial charge in [-0.3, -0.25) is 14.5 Å². The third-order valence-electron chi connectivity index (χ3n) is 8.21. The summed E-state index contributed by atoms with van der Waals surface area (Å²) in [4.78, 5) is 29.4. The summed E-state index contributed by atoms with van der Waals surface area (Å²) in [6, 6.07) is 22.4. The Bertz CT molecular complexity index is 1430. The van der Waals surface area contributed by atoms with Crippen LogP contribution in [0.1, 0.15) is 50.7 Å². The van der Waals surface area contributed by atoms with Crippen molar-refractivity contribution in [1.82, 2.24) is 4.90 Å². The number of rotatable bonds is 12. The molecular formula is C36H43N3O5. The van der Waals surface area contributed by atoms with Crippen molar-refractivity contribution in [2.75, 3.05) is 43.6 Å². The van der Waals surface area contributed by atoms with E-state index in [2.05, 4.69) is 36.3 Å². The van der Waals surface area contributed by atoms with E-state index in [1.54, 1.807) is 4.90 Å². The Morgan fingerprint density at radius 2 is 1.80 bits per heavy atom. The second kappa shape index (κ2) is 15.1. The minimum absolute atomic E-state index is 0.165. The predicted octanol–water partition coefficient (Wildman–Crippen LogP) is 6.50. The molecule has 3 aromatic rings. The highest BCUT2D eigenvalue weighted by Gasteiger charge is 2.21. The standard InChI is InChI=1S/C36H43N3O5/c1-4-19-43-26(2)44-34-12-7-28(8-13-34)29-9-14-35-31(22-29)23-30(15-18-39(35)25-40)36(41)37-32-10-5-27(6-11-32)24-38(3)33-16-20-42-21-17-33/h5-14,22-23,25-26,33H,4,15-21,24H2,1-3H3,(H,37,41). The molecule has 1 saturated heterocycles. The molecule has 5 rings (SSSR count). The van der Waals surface area contributed by atoms with Gasteiger partial charge in [0, 0.05) is 43.6 Å². The van der Waals surface area contributed by atoms with Gasteiger partial charge in [0.2, 0.25) is 6.41 Å². The maximum Gasteiger partial charge on any atom is 0.251 e. The molecule has 2 aliphatic heterocycles. The monoisotopic (exact) mass is 597 g/mol. The molecule has 0 bridgehead atoms. The third-order valence-corrected chi connectivity index (χ3v) is 8.21. The molecule has 2 aliphatic rings. The van der Waals surface area contributed by atoms with E-state index in [0.717, 1.165) is 79.2 Å². The summed E-state index contributed by atoms with van der Waals surface area (Å²) >= 11 is 0. The Morgan fingerprint density at radius 1 is 1.07 bits per heavy atom. The molecule has 232 valence electrons. The molecule has 1 N–H and O–H groups in total. The number of ether oxygens (including phenoxy) is 3. The topological polar surface area (TPSA) is 80.3 Å². The molecule has 3 aromatic carbocycles. The minimum atomic E-state index is -0.320. The van der Waals surface area contributed by atoms with Gasteiger partial charge in [-0.1, -0.05) is 37.3 Å². The number of amides is 2. The molecule has 0 spiro atoms. The Kier molecular flexibility index (Phi) is 10.8. The molecule has 1 fully saturated rings. The Labute approximate surface area is 260 Å². The fourth-order valence-corrected chi connectivity index (χ4v) is 5.70. The van der Waals surface area contributed by atoms with Gasteiger partial charge in [0.05, 0.1) is 12.3 Å². The van der Waals surface area contributed by atoms with Crippen molar-refractivity contribution in [3.05, 3.63) is 83.4 Å². The third kappa shape index (κ3) is 8.14. The highest BCUT2D eigenvalue weighted by atomic mass is 16.7. The van der Waals surface area contributed by atoms with Crippen molar-refractivity contribution < 1.29 is 23.8 Å². The van der Waals surface area contributed by atoms with Crippen molar-refractivity contribution in [3.8, 4) is 16.9 Å². The molecule has 0 aromatic heterocycles. The molecule has 8 heteroatoms. The van der Waals surface area contributed by atoms with Crippen molar-refractivity contribution in [3.63, 3.8) is 0 Å². The van der Waals surface area contributed by atoms with E-state index >= 15 is 0 Å². The van der Waals surface area contributed by atoms with Crippen LogP contribution in [0.15, 0.2) is 72.3 Å². The summed E-state index contributed by atoms with van der Waals surface area (Å²) in [6.07, 6.45) is 5.91. The number of anilines is 2. The summed E-state index contributed by atoms with van der Waals surface area (Å²) in [7, 11) is 2.16. The lowest BCUT2D eigenvalue weighted by atomic mass is 10.00. The summed E-state index contributed by atoms with van der Waals surface area (Å²) in [5.41, 5.74) is 6.17. The first kappa shape index (κ1) is 31.4. The molecule has 8 nitrogen and oxygen atoms in total. The molecule has 2 amide bonds. The number of hydrogen-bond donors (Lipinski definition) is 1. The normalized spacial score (nSPS) is 16.1. The molecule has 0 saturated carbocycles. The minimum Gasteiger partial charge on any atom is -0.465 e. The molecule has 1 unspecified atom stereocenters. The number of nitrogens with one attached hydrogen (secondary N) is 1. The van der Waals surface area contributed by atoms with Crippen LogP contribution in [0.3, 0.4) is 0 Å². The lowest BCUT2D eigenvalue weighted by Crippen LogP contribution is -2.36. The van der Waals surface area contributed by atoms with Crippen molar-refractivity contribution >= 4 is 29.8 Å². The number of carbonyl (C=O) groups is 2. The molecule has 44 heavy (non-hydrogen) atoms. The predicted molar refractivity (Wildman–Crippen MR) is 175 cm³/mol. The zero-order valence-electron chi connectivity index (χ0n) is 26.0. The van der Waals surface area contributed by atoms with Gasteiger partial charge >= 0.3 is 0 Å². The maximum absolute atomic E-state index is 13.4. The lowest BCUT2D eigenvalue weighted by molar-refractivity contribution is -0.113. The molecule has 0 aliphatic carbocycles. The van der Waals surface area contributed by atoms with Crippen LogP contribution in [0.4, 0.5) is 11.4 Å². The van der Waals surface area contributed by atoms with Gasteiger partial charge in [0.1, 0.15) is 5.75 Å². The highest BCUT2D eigenvalue weighted by molar-refractivity contribution is 6.08. The highest BCUT2D eigenvalue weighted by Crippen LogP contribution is 2.33. The molecule has 2 heterocycles. The summed E-state index contributed by atoms with van der Waals surface area (Å²) in [5, 5.41) is 3.06. The van der Waals surface area contributed by atoms with Crippen LogP contribution < -0.4 is 15.0 Å². The molecular weight excluding hydrogens is 554 g/mol. The summed E-state index contributed by atoms with van der Waals surface area (Å²) in [5.74, 6) is 0.569. The SMILES string of the molecule is CCCOC(C)Oc1ccc(-c2ccc3c(c2)C=C(C(=O)Nc2ccc(CN(C)C4CCOCC4)cc2)CCN3C=O)cc1. The van der Waals surface area contributed by atoms with Gasteiger partial charge in [0.25, 0.3) is 5.91 Å². The first-order valence-electron chi connectivity index (χ1n) is 15.6. The van der Waals surface area contributed by atoms with E-state index in [1.165, 1.54) is 5.56 Å². The quantitative estimate of drug-likeness (QED) is 0.190. The molecule has 1 atom stereocenters. The van der Waals surface area contributed by atoms with Gasteiger partial charge in [-0.15, -0.1) is 0 Å². The number of hydrogen-bond acceptors (Lipinski definition) is 6. The fraction of sp³-hybridized carbons (Fsp3) is 0.389. The lowest BCUT2D eigenvalue weighted by Gasteiger charge is -2.31. The van der Waals surface area contributed by atoms with E-state index < -0.39 is 0 Å². The van der Waals surface area contributed by atoms with E-state index in [1.807, 2.05) is 67.6 Å². The van der Waals surface area contributed by atoms with Gasteiger partial charge < -0.3 is 24.4 Å². The Balaban J connectivity index is 1.27. The van der Waals surface area contributed by atoms with E-state index in [9.17, 15) is 9.59 Å². The van der Waals surface area contributed by atoms with Crippen LogP contribution in [0, 0.1) is 0 Å². The largest absolute Gasteiger partial charge is 0.465 e. The van der Waals surface area contributed by atoms with Gasteiger partial charge in [-0.2, -0.15) is 0 Å². The van der Waals surface area contributed by atoms with Gasteiger partial charge in [0.15, 0.2) is 6.29 Å². The average molecular weight is 598 g/mol. The number of nitrogens with zero attached hydrogens (tertiary/aromatic N) is 2. The Hall–Kier alpha value is -3.98. The van der Waals surface area contributed by atoms with Crippen LogP contribution in [0.5, 0.6) is 5.75 Å². The number of carbonyl (C=O) groups excluding carboxylic acids is 2. The van der Waals surface area contributed by atoms with Crippen molar-refractivity contribution in [2.24, 2.45) is 0 Å². The first-order valence-corrected chi connectivity index (χ1v) is 15.6. The average Bonchev–Trinajstić information content (AvgIpc) is 3.24. The van der Waals surface area contributed by atoms with Crippen LogP contribution in [-0.4, -0.2) is 63.0 Å². The van der Waals surface area contributed by atoms with Crippen molar-refractivity contribution in [2.45, 2.75) is 58.4 Å². The number of benzene rings is 3. The molecule has 0 radical (unpaired) electrons. The fourth-order valence-electron chi connectivity index (χ4n) is 5.70. The van der Waals surface area contributed by atoms with E-state index in [4.69, 9.17) is 14.2 Å². The second-order valence-corrected chi connectivity index (χ2v) is 11.5. The van der Waals surface area contributed by atoms with Gasteiger partial charge in [-0.25, -0.2) is 0 Å². The van der Waals surface area contributed by atoms with Crippen LogP contribution >= 0.6 is 0 Å². The van der Waals surface area contributed by atoms with Gasteiger partial charge in [-0.05, 0) is 104 Å². The number of fused-ring (bicyclic) bond motifs is 1. The van der Waals surface area contributed by atoms with Crippen LogP contribution in [0.25, 0.3) is 17.2 Å². The summed E-state index contributed by atoms with van der Waals surface area (Å²) in [6.45, 7) is 7.53. The zero-order chi connectivity index (χ0) is 30.9. The van der Waals surface area contributed by atoms with E-state index in [-0.39, 0.29) is 12.2 Å². The smallest absolute Gasteiger partial charge is 0.251 e. The second-order valence-electron chi connectivity index (χ2n) is 11.5. The van der Waals surface area contributed by atoms with Crippen molar-refractivity contribution in [1.29, 1.82) is 0 Å². The first-order chi connectivity index (χ1) is 21.4. The summed E-state index contributed by atoms with van der Waals surface area (Å²) < 4.78 is 17.0. The Morgan fingerprint density at radius 3 is 2.50 bits per heavy atom. The van der Waals surface area contributed by atoms with E-state index in [0.29, 0.717) is 31.2 Å². The maximum atomic E-state index is 13.4. The van der Waals surface area contributed by atoms with Crippen LogP contribution in [-0.2, 0) is 25.6 Å². The zero-order valence-corrected chi connectivity index (χ0v) is 26.0. The van der Waals surface area contributed by atoms with Crippen LogP contribution in [0.2, 0.25) is 0 Å².